The van der Waals surface area contributed by atoms with Crippen molar-refractivity contribution in [1.82, 2.24) is 10.3 Å². The molecular formula is C21H20ClN2O3-. The van der Waals surface area contributed by atoms with Crippen molar-refractivity contribution in [1.29, 1.82) is 0 Å². The van der Waals surface area contributed by atoms with Gasteiger partial charge in [-0.2, -0.15) is 0 Å². The first kappa shape index (κ1) is 19.0. The van der Waals surface area contributed by atoms with Crippen molar-refractivity contribution in [3.8, 4) is 17.2 Å². The van der Waals surface area contributed by atoms with Crippen LogP contribution < -0.4 is 31.9 Å². The first-order valence-electron chi connectivity index (χ1n) is 8.57. The summed E-state index contributed by atoms with van der Waals surface area (Å²) in [6.45, 7) is 2.39. The van der Waals surface area contributed by atoms with Crippen LogP contribution in [0.2, 0.25) is 0 Å². The maximum Gasteiger partial charge on any atom is 0.231 e. The average Bonchev–Trinajstić information content (AvgIpc) is 3.16. The van der Waals surface area contributed by atoms with Crippen LogP contribution in [0.3, 0.4) is 0 Å². The second kappa shape index (κ2) is 9.26. The van der Waals surface area contributed by atoms with Crippen molar-refractivity contribution in [3.05, 3.63) is 83.7 Å². The Kier molecular flexibility index (Phi) is 6.52. The molecule has 0 atom stereocenters. The van der Waals surface area contributed by atoms with Gasteiger partial charge in [-0.25, -0.2) is 0 Å². The number of pyridine rings is 1. The van der Waals surface area contributed by atoms with Crippen LogP contribution in [0.25, 0.3) is 0 Å². The summed E-state index contributed by atoms with van der Waals surface area (Å²) in [6.07, 6.45) is 3.66. The van der Waals surface area contributed by atoms with E-state index in [2.05, 4.69) is 28.5 Å². The average molecular weight is 384 g/mol. The lowest BCUT2D eigenvalue weighted by Crippen LogP contribution is -3.00. The Bertz CT molecular complexity index is 857. The van der Waals surface area contributed by atoms with Crippen molar-refractivity contribution in [2.24, 2.45) is 0 Å². The number of ether oxygens (including phenoxy) is 3. The molecule has 1 aliphatic rings. The molecule has 1 aromatic heterocycles. The van der Waals surface area contributed by atoms with Gasteiger partial charge in [-0.05, 0) is 47.0 Å². The zero-order valence-corrected chi connectivity index (χ0v) is 15.5. The van der Waals surface area contributed by atoms with E-state index < -0.39 is 0 Å². The minimum Gasteiger partial charge on any atom is -1.00 e. The number of nitrogens with one attached hydrogen (secondary N) is 1. The second-order valence-corrected chi connectivity index (χ2v) is 6.09. The lowest BCUT2D eigenvalue weighted by atomic mass is 10.2. The monoisotopic (exact) mass is 383 g/mol. The van der Waals surface area contributed by atoms with Crippen LogP contribution in [0.1, 0.15) is 16.7 Å². The fourth-order valence-electron chi connectivity index (χ4n) is 2.75. The summed E-state index contributed by atoms with van der Waals surface area (Å²) in [5.41, 5.74) is 3.44. The topological polar surface area (TPSA) is 52.6 Å². The maximum absolute atomic E-state index is 5.86. The molecule has 1 N–H and O–H groups in total. The highest BCUT2D eigenvalue weighted by atomic mass is 35.5. The molecule has 0 bridgehead atoms. The highest BCUT2D eigenvalue weighted by Gasteiger charge is 2.13. The molecule has 5 nitrogen and oxygen atoms in total. The molecule has 27 heavy (non-hydrogen) atoms. The summed E-state index contributed by atoms with van der Waals surface area (Å²) in [5.74, 6) is 2.41. The summed E-state index contributed by atoms with van der Waals surface area (Å²) < 4.78 is 16.6. The molecular weight excluding hydrogens is 364 g/mol. The fraction of sp³-hybridized carbons (Fsp3) is 0.190. The number of rotatable bonds is 7. The van der Waals surface area contributed by atoms with Crippen LogP contribution in [-0.4, -0.2) is 11.8 Å². The van der Waals surface area contributed by atoms with Crippen molar-refractivity contribution in [3.63, 3.8) is 0 Å². The molecule has 6 heteroatoms. The Balaban J connectivity index is 0.00000210. The quantitative estimate of drug-likeness (QED) is 0.650. The largest absolute Gasteiger partial charge is 1.00 e. The van der Waals surface area contributed by atoms with E-state index in [0.29, 0.717) is 6.61 Å². The van der Waals surface area contributed by atoms with Gasteiger partial charge in [0.2, 0.25) is 6.79 Å². The summed E-state index contributed by atoms with van der Waals surface area (Å²) in [4.78, 5) is 4.12. The molecule has 0 radical (unpaired) electrons. The van der Waals surface area contributed by atoms with E-state index >= 15 is 0 Å². The Hall–Kier alpha value is -2.76. The van der Waals surface area contributed by atoms with Crippen molar-refractivity contribution in [2.75, 3.05) is 6.79 Å². The Labute approximate surface area is 164 Å². The molecule has 0 saturated heterocycles. The number of nitrogens with zero attached hydrogens (tertiary/aromatic N) is 1. The Morgan fingerprint density at radius 3 is 2.48 bits per heavy atom. The normalized spacial score (nSPS) is 11.7. The molecule has 0 amide bonds. The maximum atomic E-state index is 5.86. The molecule has 0 saturated carbocycles. The molecule has 0 aliphatic carbocycles. The van der Waals surface area contributed by atoms with E-state index in [4.69, 9.17) is 14.2 Å². The fourth-order valence-corrected chi connectivity index (χ4v) is 2.75. The van der Waals surface area contributed by atoms with E-state index in [9.17, 15) is 0 Å². The Morgan fingerprint density at radius 2 is 1.67 bits per heavy atom. The van der Waals surface area contributed by atoms with E-state index in [1.165, 1.54) is 11.1 Å². The molecule has 0 spiro atoms. The van der Waals surface area contributed by atoms with Gasteiger partial charge in [0, 0.05) is 25.5 Å². The zero-order chi connectivity index (χ0) is 17.6. The Morgan fingerprint density at radius 1 is 0.889 bits per heavy atom. The molecule has 4 rings (SSSR count). The first-order chi connectivity index (χ1) is 12.9. The smallest absolute Gasteiger partial charge is 0.231 e. The predicted octanol–water partition coefficient (Wildman–Crippen LogP) is 0.683. The molecule has 1 aliphatic heterocycles. The number of halogens is 1. The van der Waals surface area contributed by atoms with Crippen LogP contribution in [0.15, 0.2) is 67.0 Å². The van der Waals surface area contributed by atoms with Gasteiger partial charge in [0.1, 0.15) is 12.4 Å². The number of benzene rings is 2. The number of fused-ring (bicyclic) bond motifs is 1. The van der Waals surface area contributed by atoms with Gasteiger partial charge in [-0.3, -0.25) is 4.98 Å². The second-order valence-electron chi connectivity index (χ2n) is 6.09. The van der Waals surface area contributed by atoms with Gasteiger partial charge in [0.25, 0.3) is 0 Å². The number of aromatic nitrogens is 1. The van der Waals surface area contributed by atoms with E-state index in [1.54, 1.807) is 6.20 Å². The molecule has 3 aromatic rings. The summed E-state index contributed by atoms with van der Waals surface area (Å²) in [5, 5.41) is 3.41. The molecule has 0 fully saturated rings. The van der Waals surface area contributed by atoms with Gasteiger partial charge < -0.3 is 31.9 Å². The van der Waals surface area contributed by atoms with Crippen LogP contribution in [-0.2, 0) is 19.7 Å². The third kappa shape index (κ3) is 5.12. The van der Waals surface area contributed by atoms with Crippen LogP contribution in [0, 0.1) is 0 Å². The lowest BCUT2D eigenvalue weighted by Gasteiger charge is -2.09. The number of hydrogen-bond acceptors (Lipinski definition) is 5. The SMILES string of the molecule is [Cl-].c1cncc(CNCc2ccc(OCc3ccc4c(c3)OCO4)cc2)c1. The van der Waals surface area contributed by atoms with Gasteiger partial charge in [-0.1, -0.05) is 24.3 Å². The molecule has 2 heterocycles. The van der Waals surface area contributed by atoms with Gasteiger partial charge in [0.05, 0.1) is 0 Å². The standard InChI is InChI=1S/C21H20N2O3.ClH/c1-2-18(12-22-9-1)13-23-11-16-3-6-19(7-4-16)24-14-17-5-8-20-21(10-17)26-15-25-20;/h1-10,12,23H,11,13-15H2;1H/p-1. The minimum absolute atomic E-state index is 0. The summed E-state index contributed by atoms with van der Waals surface area (Å²) in [7, 11) is 0. The molecule has 140 valence electrons. The van der Waals surface area contributed by atoms with E-state index in [0.717, 1.165) is 35.9 Å². The summed E-state index contributed by atoms with van der Waals surface area (Å²) >= 11 is 0. The molecule has 2 aromatic carbocycles. The van der Waals surface area contributed by atoms with Crippen molar-refractivity contribution < 1.29 is 26.6 Å². The van der Waals surface area contributed by atoms with Gasteiger partial charge in [-0.15, -0.1) is 0 Å². The van der Waals surface area contributed by atoms with Crippen LogP contribution >= 0.6 is 0 Å². The highest BCUT2D eigenvalue weighted by molar-refractivity contribution is 5.44. The minimum atomic E-state index is 0. The van der Waals surface area contributed by atoms with Crippen molar-refractivity contribution in [2.45, 2.75) is 19.7 Å². The van der Waals surface area contributed by atoms with Gasteiger partial charge >= 0.3 is 0 Å². The lowest BCUT2D eigenvalue weighted by molar-refractivity contribution is -0.00000718. The zero-order valence-electron chi connectivity index (χ0n) is 14.7. The first-order valence-corrected chi connectivity index (χ1v) is 8.57. The number of hydrogen-bond donors (Lipinski definition) is 1. The predicted molar refractivity (Wildman–Crippen MR) is 98.1 cm³/mol. The van der Waals surface area contributed by atoms with E-state index in [1.807, 2.05) is 42.6 Å². The van der Waals surface area contributed by atoms with Gasteiger partial charge in [0.15, 0.2) is 11.5 Å². The highest BCUT2D eigenvalue weighted by Crippen LogP contribution is 2.32. The van der Waals surface area contributed by atoms with Crippen LogP contribution in [0.5, 0.6) is 17.2 Å². The summed E-state index contributed by atoms with van der Waals surface area (Å²) in [6, 6.07) is 18.0. The van der Waals surface area contributed by atoms with Crippen LogP contribution in [0.4, 0.5) is 0 Å². The third-order valence-electron chi connectivity index (χ3n) is 4.15. The third-order valence-corrected chi connectivity index (χ3v) is 4.15. The van der Waals surface area contributed by atoms with Crippen molar-refractivity contribution >= 4 is 0 Å². The van der Waals surface area contributed by atoms with E-state index in [-0.39, 0.29) is 19.2 Å². The molecule has 0 unspecified atom stereocenters.